The summed E-state index contributed by atoms with van der Waals surface area (Å²) in [6.07, 6.45) is 1.39. The summed E-state index contributed by atoms with van der Waals surface area (Å²) in [5.74, 6) is -0.707. The molecule has 0 aliphatic carbocycles. The van der Waals surface area contributed by atoms with Crippen molar-refractivity contribution in [1.82, 2.24) is 9.97 Å². The Morgan fingerprint density at radius 3 is 2.50 bits per heavy atom. The van der Waals surface area contributed by atoms with Gasteiger partial charge in [-0.1, -0.05) is 0 Å². The molecule has 1 aromatic heterocycles. The van der Waals surface area contributed by atoms with Gasteiger partial charge in [0.25, 0.3) is 0 Å². The van der Waals surface area contributed by atoms with E-state index in [9.17, 15) is 9.18 Å². The second-order valence-corrected chi connectivity index (χ2v) is 3.38. The Morgan fingerprint density at radius 2 is 1.88 bits per heavy atom. The SMILES string of the molecule is O=C(c1ccc(F)cc1)c1ccnc(Cl)n1. The second-order valence-electron chi connectivity index (χ2n) is 3.05. The first-order chi connectivity index (χ1) is 7.66. The van der Waals surface area contributed by atoms with Crippen LogP contribution in [0.3, 0.4) is 0 Å². The van der Waals surface area contributed by atoms with Gasteiger partial charge >= 0.3 is 0 Å². The fourth-order valence-corrected chi connectivity index (χ4v) is 1.36. The molecule has 0 saturated carbocycles. The predicted octanol–water partition coefficient (Wildman–Crippen LogP) is 2.50. The highest BCUT2D eigenvalue weighted by atomic mass is 35.5. The van der Waals surface area contributed by atoms with E-state index in [1.54, 1.807) is 0 Å². The lowest BCUT2D eigenvalue weighted by Crippen LogP contribution is -2.04. The van der Waals surface area contributed by atoms with Crippen LogP contribution < -0.4 is 0 Å². The second kappa shape index (κ2) is 4.37. The van der Waals surface area contributed by atoms with E-state index in [0.29, 0.717) is 5.56 Å². The molecule has 0 radical (unpaired) electrons. The van der Waals surface area contributed by atoms with Crippen LogP contribution in [0.4, 0.5) is 4.39 Å². The lowest BCUT2D eigenvalue weighted by atomic mass is 10.1. The molecule has 0 fully saturated rings. The molecule has 0 aliphatic rings. The Kier molecular flexibility index (Phi) is 2.92. The molecule has 16 heavy (non-hydrogen) atoms. The van der Waals surface area contributed by atoms with E-state index in [2.05, 4.69) is 9.97 Å². The number of halogens is 2. The number of ketones is 1. The van der Waals surface area contributed by atoms with Gasteiger partial charge in [0, 0.05) is 11.8 Å². The fourth-order valence-electron chi connectivity index (χ4n) is 1.21. The minimum absolute atomic E-state index is 0.00737. The number of carbonyl (C=O) groups excluding carboxylic acids is 1. The summed E-state index contributed by atoms with van der Waals surface area (Å²) in [6.45, 7) is 0. The number of benzene rings is 1. The Bertz CT molecular complexity index is 528. The van der Waals surface area contributed by atoms with Crippen molar-refractivity contribution in [1.29, 1.82) is 0 Å². The molecule has 0 spiro atoms. The molecule has 0 amide bonds. The third-order valence-electron chi connectivity index (χ3n) is 1.97. The van der Waals surface area contributed by atoms with Crippen LogP contribution in [0.1, 0.15) is 16.1 Å². The molecule has 0 bridgehead atoms. The molecule has 0 saturated heterocycles. The molecule has 0 N–H and O–H groups in total. The summed E-state index contributed by atoms with van der Waals surface area (Å²) in [5, 5.41) is 0.00737. The minimum Gasteiger partial charge on any atom is -0.287 e. The van der Waals surface area contributed by atoms with Crippen LogP contribution in [0.5, 0.6) is 0 Å². The molecule has 0 aliphatic heterocycles. The molecule has 2 aromatic rings. The van der Waals surface area contributed by atoms with E-state index in [-0.39, 0.29) is 16.8 Å². The van der Waals surface area contributed by atoms with Crippen LogP contribution in [-0.2, 0) is 0 Å². The van der Waals surface area contributed by atoms with Crippen molar-refractivity contribution in [3.63, 3.8) is 0 Å². The zero-order valence-electron chi connectivity index (χ0n) is 8.02. The maximum absolute atomic E-state index is 12.7. The molecule has 3 nitrogen and oxygen atoms in total. The Balaban J connectivity index is 2.35. The third-order valence-corrected chi connectivity index (χ3v) is 2.15. The van der Waals surface area contributed by atoms with E-state index >= 15 is 0 Å². The van der Waals surface area contributed by atoms with Crippen molar-refractivity contribution in [3.05, 3.63) is 58.9 Å². The molecule has 80 valence electrons. The number of nitrogens with zero attached hydrogens (tertiary/aromatic N) is 2. The number of rotatable bonds is 2. The van der Waals surface area contributed by atoms with E-state index in [1.165, 1.54) is 36.5 Å². The summed E-state index contributed by atoms with van der Waals surface area (Å²) in [7, 11) is 0. The van der Waals surface area contributed by atoms with Gasteiger partial charge in [-0.25, -0.2) is 14.4 Å². The van der Waals surface area contributed by atoms with Crippen molar-refractivity contribution in [2.24, 2.45) is 0 Å². The van der Waals surface area contributed by atoms with Crippen molar-refractivity contribution in [3.8, 4) is 0 Å². The molecule has 0 atom stereocenters. The van der Waals surface area contributed by atoms with Gasteiger partial charge in [-0.15, -0.1) is 0 Å². The molecule has 1 heterocycles. The average Bonchev–Trinajstić information content (AvgIpc) is 2.29. The summed E-state index contributed by atoms with van der Waals surface area (Å²) >= 11 is 5.57. The summed E-state index contributed by atoms with van der Waals surface area (Å²) < 4.78 is 12.7. The number of hydrogen-bond donors (Lipinski definition) is 0. The molecule has 0 unspecified atom stereocenters. The average molecular weight is 237 g/mol. The zero-order valence-corrected chi connectivity index (χ0v) is 8.78. The first-order valence-electron chi connectivity index (χ1n) is 4.45. The van der Waals surface area contributed by atoms with E-state index < -0.39 is 5.82 Å². The normalized spacial score (nSPS) is 10.1. The first kappa shape index (κ1) is 10.7. The quantitative estimate of drug-likeness (QED) is 0.594. The van der Waals surface area contributed by atoms with Gasteiger partial charge < -0.3 is 0 Å². The van der Waals surface area contributed by atoms with Gasteiger partial charge in [-0.3, -0.25) is 4.79 Å². The molecule has 1 aromatic carbocycles. The topological polar surface area (TPSA) is 42.9 Å². The van der Waals surface area contributed by atoms with Crippen LogP contribution in [-0.4, -0.2) is 15.8 Å². The van der Waals surface area contributed by atoms with Crippen molar-refractivity contribution < 1.29 is 9.18 Å². The van der Waals surface area contributed by atoms with E-state index in [1.807, 2.05) is 0 Å². The summed E-state index contributed by atoms with van der Waals surface area (Å²) in [4.78, 5) is 19.3. The van der Waals surface area contributed by atoms with E-state index in [0.717, 1.165) is 0 Å². The first-order valence-corrected chi connectivity index (χ1v) is 4.83. The van der Waals surface area contributed by atoms with Crippen molar-refractivity contribution >= 4 is 17.4 Å². The monoisotopic (exact) mass is 236 g/mol. The predicted molar refractivity (Wildman–Crippen MR) is 56.9 cm³/mol. The largest absolute Gasteiger partial charge is 0.287 e. The number of aromatic nitrogens is 2. The molecule has 5 heteroatoms. The van der Waals surface area contributed by atoms with Crippen molar-refractivity contribution in [2.75, 3.05) is 0 Å². The fraction of sp³-hybridized carbons (Fsp3) is 0. The van der Waals surface area contributed by atoms with Crippen LogP contribution >= 0.6 is 11.6 Å². The molecular formula is C11H6ClFN2O. The summed E-state index contributed by atoms with van der Waals surface area (Å²) in [6, 6.07) is 6.69. The van der Waals surface area contributed by atoms with Gasteiger partial charge in [0.15, 0.2) is 0 Å². The minimum atomic E-state index is -0.391. The van der Waals surface area contributed by atoms with Crippen LogP contribution in [0.25, 0.3) is 0 Å². The number of carbonyl (C=O) groups is 1. The number of hydrogen-bond acceptors (Lipinski definition) is 3. The van der Waals surface area contributed by atoms with Crippen molar-refractivity contribution in [2.45, 2.75) is 0 Å². The van der Waals surface area contributed by atoms with Crippen LogP contribution in [0.15, 0.2) is 36.5 Å². The lowest BCUT2D eigenvalue weighted by Gasteiger charge is -2.00. The Morgan fingerprint density at radius 1 is 1.19 bits per heavy atom. The van der Waals surface area contributed by atoms with E-state index in [4.69, 9.17) is 11.6 Å². The Hall–Kier alpha value is -1.81. The zero-order chi connectivity index (χ0) is 11.5. The maximum atomic E-state index is 12.7. The van der Waals surface area contributed by atoms with Crippen LogP contribution in [0, 0.1) is 5.82 Å². The lowest BCUT2D eigenvalue weighted by molar-refractivity contribution is 0.103. The molecule has 2 rings (SSSR count). The van der Waals surface area contributed by atoms with Gasteiger partial charge in [-0.05, 0) is 41.9 Å². The van der Waals surface area contributed by atoms with Gasteiger partial charge in [0.2, 0.25) is 11.1 Å². The summed E-state index contributed by atoms with van der Waals surface area (Å²) in [5.41, 5.74) is 0.544. The molecular weight excluding hydrogens is 231 g/mol. The van der Waals surface area contributed by atoms with Crippen LogP contribution in [0.2, 0.25) is 5.28 Å². The standard InChI is InChI=1S/C11H6ClFN2O/c12-11-14-6-5-9(15-11)10(16)7-1-3-8(13)4-2-7/h1-6H. The van der Waals surface area contributed by atoms with Gasteiger partial charge in [0.1, 0.15) is 11.5 Å². The highest BCUT2D eigenvalue weighted by Gasteiger charge is 2.10. The highest BCUT2D eigenvalue weighted by Crippen LogP contribution is 2.10. The third kappa shape index (κ3) is 2.23. The van der Waals surface area contributed by atoms with Gasteiger partial charge in [-0.2, -0.15) is 0 Å². The Labute approximate surface area is 95.9 Å². The maximum Gasteiger partial charge on any atom is 0.222 e. The van der Waals surface area contributed by atoms with Gasteiger partial charge in [0.05, 0.1) is 0 Å². The highest BCUT2D eigenvalue weighted by molar-refractivity contribution is 6.28. The smallest absolute Gasteiger partial charge is 0.222 e.